The van der Waals surface area contributed by atoms with E-state index in [0.717, 1.165) is 29.8 Å². The van der Waals surface area contributed by atoms with Crippen LogP contribution in [-0.4, -0.2) is 16.9 Å². The van der Waals surface area contributed by atoms with Crippen molar-refractivity contribution in [3.63, 3.8) is 0 Å². The summed E-state index contributed by atoms with van der Waals surface area (Å²) in [6.07, 6.45) is 3.92. The fourth-order valence-electron chi connectivity index (χ4n) is 2.03. The van der Waals surface area contributed by atoms with E-state index in [1.54, 1.807) is 7.11 Å². The second-order valence-corrected chi connectivity index (χ2v) is 4.18. The Bertz CT molecular complexity index is 502. The number of nitrogens with zero attached hydrogens (tertiary/aromatic N) is 2. The van der Waals surface area contributed by atoms with Crippen LogP contribution in [0.2, 0.25) is 0 Å². The normalized spacial score (nSPS) is 10.6. The minimum absolute atomic E-state index is 0.533. The standard InChI is InChI=1S/C14H19N3O/c1-3-4-14-11(9-15)10-16-17(14)12-5-7-13(18-2)8-6-12/h5-8,10H,3-4,9,15H2,1-2H3. The van der Waals surface area contributed by atoms with E-state index in [1.165, 1.54) is 5.69 Å². The SMILES string of the molecule is CCCc1c(CN)cnn1-c1ccc(OC)cc1. The van der Waals surface area contributed by atoms with E-state index < -0.39 is 0 Å². The fraction of sp³-hybridized carbons (Fsp3) is 0.357. The van der Waals surface area contributed by atoms with Gasteiger partial charge in [0.2, 0.25) is 0 Å². The van der Waals surface area contributed by atoms with Crippen LogP contribution in [0.3, 0.4) is 0 Å². The third-order valence-corrected chi connectivity index (χ3v) is 2.98. The van der Waals surface area contributed by atoms with Gasteiger partial charge in [-0.3, -0.25) is 0 Å². The summed E-state index contributed by atoms with van der Waals surface area (Å²) in [5, 5.41) is 4.43. The van der Waals surface area contributed by atoms with Crippen molar-refractivity contribution < 1.29 is 4.74 Å². The first kappa shape index (κ1) is 12.6. The highest BCUT2D eigenvalue weighted by Gasteiger charge is 2.10. The van der Waals surface area contributed by atoms with Crippen molar-refractivity contribution in [1.82, 2.24) is 9.78 Å². The van der Waals surface area contributed by atoms with E-state index in [9.17, 15) is 0 Å². The minimum Gasteiger partial charge on any atom is -0.497 e. The number of hydrogen-bond donors (Lipinski definition) is 1. The number of aromatic nitrogens is 2. The fourth-order valence-corrected chi connectivity index (χ4v) is 2.03. The average Bonchev–Trinajstić information content (AvgIpc) is 2.82. The molecule has 0 spiro atoms. The van der Waals surface area contributed by atoms with E-state index in [-0.39, 0.29) is 0 Å². The third-order valence-electron chi connectivity index (χ3n) is 2.98. The Morgan fingerprint density at radius 2 is 2.00 bits per heavy atom. The predicted molar refractivity (Wildman–Crippen MR) is 72.0 cm³/mol. The maximum Gasteiger partial charge on any atom is 0.119 e. The van der Waals surface area contributed by atoms with Crippen molar-refractivity contribution >= 4 is 0 Å². The smallest absolute Gasteiger partial charge is 0.119 e. The summed E-state index contributed by atoms with van der Waals surface area (Å²) >= 11 is 0. The zero-order chi connectivity index (χ0) is 13.0. The van der Waals surface area contributed by atoms with E-state index in [4.69, 9.17) is 10.5 Å². The molecule has 96 valence electrons. The Balaban J connectivity index is 2.39. The van der Waals surface area contributed by atoms with E-state index >= 15 is 0 Å². The molecule has 1 aromatic carbocycles. The molecule has 0 saturated carbocycles. The highest BCUT2D eigenvalue weighted by molar-refractivity contribution is 5.39. The number of ether oxygens (including phenoxy) is 1. The second-order valence-electron chi connectivity index (χ2n) is 4.18. The molecule has 0 amide bonds. The molecule has 1 aromatic heterocycles. The summed E-state index contributed by atoms with van der Waals surface area (Å²) in [6, 6.07) is 7.89. The zero-order valence-electron chi connectivity index (χ0n) is 10.9. The number of methoxy groups -OCH3 is 1. The lowest BCUT2D eigenvalue weighted by Crippen LogP contribution is -2.05. The Morgan fingerprint density at radius 3 is 2.56 bits per heavy atom. The van der Waals surface area contributed by atoms with Gasteiger partial charge in [-0.1, -0.05) is 13.3 Å². The number of benzene rings is 1. The van der Waals surface area contributed by atoms with Gasteiger partial charge in [0.15, 0.2) is 0 Å². The van der Waals surface area contributed by atoms with Gasteiger partial charge >= 0.3 is 0 Å². The van der Waals surface area contributed by atoms with Crippen LogP contribution < -0.4 is 10.5 Å². The summed E-state index contributed by atoms with van der Waals surface area (Å²) in [5.41, 5.74) is 9.10. The highest BCUT2D eigenvalue weighted by atomic mass is 16.5. The van der Waals surface area contributed by atoms with Crippen molar-refractivity contribution in [2.75, 3.05) is 7.11 Å². The first-order chi connectivity index (χ1) is 8.80. The molecular weight excluding hydrogens is 226 g/mol. The lowest BCUT2D eigenvalue weighted by atomic mass is 10.1. The monoisotopic (exact) mass is 245 g/mol. The molecule has 0 aliphatic rings. The van der Waals surface area contributed by atoms with Crippen molar-refractivity contribution in [3.05, 3.63) is 41.7 Å². The minimum atomic E-state index is 0.533. The lowest BCUT2D eigenvalue weighted by molar-refractivity contribution is 0.414. The quantitative estimate of drug-likeness (QED) is 0.879. The summed E-state index contributed by atoms with van der Waals surface area (Å²) in [5.74, 6) is 0.849. The molecule has 2 N–H and O–H groups in total. The van der Waals surface area contributed by atoms with Gasteiger partial charge in [0.25, 0.3) is 0 Å². The molecule has 18 heavy (non-hydrogen) atoms. The summed E-state index contributed by atoms with van der Waals surface area (Å²) < 4.78 is 7.12. The Labute approximate surface area is 107 Å². The topological polar surface area (TPSA) is 53.1 Å². The zero-order valence-corrected chi connectivity index (χ0v) is 10.9. The van der Waals surface area contributed by atoms with Crippen molar-refractivity contribution in [2.45, 2.75) is 26.3 Å². The number of rotatable bonds is 5. The van der Waals surface area contributed by atoms with Crippen LogP contribution in [0, 0.1) is 0 Å². The molecule has 0 aliphatic carbocycles. The number of hydrogen-bond acceptors (Lipinski definition) is 3. The Morgan fingerprint density at radius 1 is 1.28 bits per heavy atom. The van der Waals surface area contributed by atoms with E-state index in [0.29, 0.717) is 6.54 Å². The molecule has 0 atom stereocenters. The van der Waals surface area contributed by atoms with Gasteiger partial charge in [0.1, 0.15) is 5.75 Å². The van der Waals surface area contributed by atoms with Crippen LogP contribution in [0.4, 0.5) is 0 Å². The molecule has 0 fully saturated rings. The molecule has 0 unspecified atom stereocenters. The molecule has 0 aliphatic heterocycles. The first-order valence-corrected chi connectivity index (χ1v) is 6.20. The molecule has 2 aromatic rings. The molecular formula is C14H19N3O. The largest absolute Gasteiger partial charge is 0.497 e. The van der Waals surface area contributed by atoms with Crippen LogP contribution in [-0.2, 0) is 13.0 Å². The Kier molecular flexibility index (Phi) is 3.99. The summed E-state index contributed by atoms with van der Waals surface area (Å²) in [6.45, 7) is 2.69. The average molecular weight is 245 g/mol. The van der Waals surface area contributed by atoms with Crippen LogP contribution in [0.5, 0.6) is 5.75 Å². The molecule has 0 saturated heterocycles. The molecule has 1 heterocycles. The first-order valence-electron chi connectivity index (χ1n) is 6.20. The summed E-state index contributed by atoms with van der Waals surface area (Å²) in [7, 11) is 1.66. The van der Waals surface area contributed by atoms with Gasteiger partial charge in [-0.2, -0.15) is 5.10 Å². The van der Waals surface area contributed by atoms with Crippen molar-refractivity contribution in [1.29, 1.82) is 0 Å². The second kappa shape index (κ2) is 5.69. The molecule has 0 bridgehead atoms. The van der Waals surface area contributed by atoms with Gasteiger partial charge in [0, 0.05) is 17.8 Å². The predicted octanol–water partition coefficient (Wildman–Crippen LogP) is 2.29. The van der Waals surface area contributed by atoms with Gasteiger partial charge in [-0.05, 0) is 30.7 Å². The van der Waals surface area contributed by atoms with Crippen molar-refractivity contribution in [2.24, 2.45) is 5.73 Å². The van der Waals surface area contributed by atoms with Gasteiger partial charge in [-0.15, -0.1) is 0 Å². The van der Waals surface area contributed by atoms with E-state index in [2.05, 4.69) is 12.0 Å². The van der Waals surface area contributed by atoms with Gasteiger partial charge in [-0.25, -0.2) is 4.68 Å². The molecule has 4 nitrogen and oxygen atoms in total. The molecule has 2 rings (SSSR count). The summed E-state index contributed by atoms with van der Waals surface area (Å²) in [4.78, 5) is 0. The van der Waals surface area contributed by atoms with Crippen LogP contribution >= 0.6 is 0 Å². The maximum atomic E-state index is 5.74. The molecule has 4 heteroatoms. The van der Waals surface area contributed by atoms with Gasteiger partial charge < -0.3 is 10.5 Å². The van der Waals surface area contributed by atoms with Crippen LogP contribution in [0.15, 0.2) is 30.5 Å². The lowest BCUT2D eigenvalue weighted by Gasteiger charge is -2.09. The van der Waals surface area contributed by atoms with E-state index in [1.807, 2.05) is 35.1 Å². The Hall–Kier alpha value is -1.81. The van der Waals surface area contributed by atoms with Crippen molar-refractivity contribution in [3.8, 4) is 11.4 Å². The van der Waals surface area contributed by atoms with Crippen LogP contribution in [0.1, 0.15) is 24.6 Å². The highest BCUT2D eigenvalue weighted by Crippen LogP contribution is 2.19. The van der Waals surface area contributed by atoms with Gasteiger partial charge in [0.05, 0.1) is 19.0 Å². The molecule has 0 radical (unpaired) electrons. The maximum absolute atomic E-state index is 5.74. The number of nitrogens with two attached hydrogens (primary N) is 1. The third kappa shape index (κ3) is 2.38. The van der Waals surface area contributed by atoms with Crippen LogP contribution in [0.25, 0.3) is 5.69 Å².